The zero-order valence-electron chi connectivity index (χ0n) is 10.5. The van der Waals surface area contributed by atoms with Gasteiger partial charge in [-0.25, -0.2) is 4.98 Å². The van der Waals surface area contributed by atoms with E-state index < -0.39 is 0 Å². The first-order valence-corrected chi connectivity index (χ1v) is 8.07. The Hall–Kier alpha value is -1.46. The fourth-order valence-electron chi connectivity index (χ4n) is 2.56. The van der Waals surface area contributed by atoms with Crippen LogP contribution in [0.3, 0.4) is 0 Å². The summed E-state index contributed by atoms with van der Waals surface area (Å²) in [6.45, 7) is 0. The van der Waals surface area contributed by atoms with Crippen LogP contribution in [-0.4, -0.2) is 10.7 Å². The number of halogens is 1. The second-order valence-electron chi connectivity index (χ2n) is 4.80. The molecule has 0 amide bonds. The Morgan fingerprint density at radius 3 is 3.05 bits per heavy atom. The molecule has 3 aromatic rings. The Labute approximate surface area is 128 Å². The van der Waals surface area contributed by atoms with Crippen LogP contribution in [0.4, 0.5) is 5.69 Å². The van der Waals surface area contributed by atoms with Crippen molar-refractivity contribution in [2.75, 3.05) is 11.5 Å². The largest absolute Gasteiger partial charge is 0.438 e. The minimum absolute atomic E-state index is 0.210. The van der Waals surface area contributed by atoms with Crippen molar-refractivity contribution in [1.82, 2.24) is 4.98 Å². The summed E-state index contributed by atoms with van der Waals surface area (Å²) < 4.78 is 6.84. The number of aromatic nitrogens is 1. The number of anilines is 1. The topological polar surface area (TPSA) is 52.0 Å². The molecule has 5 heteroatoms. The van der Waals surface area contributed by atoms with E-state index in [1.54, 1.807) is 0 Å². The maximum atomic E-state index is 5.99. The molecule has 1 aliphatic rings. The van der Waals surface area contributed by atoms with Gasteiger partial charge in [-0.05, 0) is 23.8 Å². The van der Waals surface area contributed by atoms with E-state index >= 15 is 0 Å². The van der Waals surface area contributed by atoms with Crippen molar-refractivity contribution >= 4 is 44.5 Å². The van der Waals surface area contributed by atoms with Crippen LogP contribution in [-0.2, 0) is 0 Å². The van der Waals surface area contributed by atoms with Crippen LogP contribution in [0.1, 0.15) is 17.4 Å². The number of oxazole rings is 1. The Morgan fingerprint density at radius 2 is 2.15 bits per heavy atom. The lowest BCUT2D eigenvalue weighted by Gasteiger charge is -2.04. The molecule has 2 aromatic carbocycles. The maximum Gasteiger partial charge on any atom is 0.204 e. The van der Waals surface area contributed by atoms with Crippen molar-refractivity contribution in [3.63, 3.8) is 0 Å². The Kier molecular flexibility index (Phi) is 2.79. The summed E-state index contributed by atoms with van der Waals surface area (Å²) in [6.07, 6.45) is 0. The highest BCUT2D eigenvalue weighted by Gasteiger charge is 2.28. The lowest BCUT2D eigenvalue weighted by molar-refractivity contribution is 0.516. The molecule has 20 heavy (non-hydrogen) atoms. The molecule has 0 aliphatic carbocycles. The number of hydrogen-bond acceptors (Lipinski definition) is 4. The van der Waals surface area contributed by atoms with Gasteiger partial charge >= 0.3 is 0 Å². The summed E-state index contributed by atoms with van der Waals surface area (Å²) in [7, 11) is 0. The highest BCUT2D eigenvalue weighted by atomic mass is 79.9. The number of hydrogen-bond donors (Lipinski definition) is 1. The highest BCUT2D eigenvalue weighted by molar-refractivity contribution is 9.10. The van der Waals surface area contributed by atoms with Crippen LogP contribution >= 0.6 is 27.7 Å². The van der Waals surface area contributed by atoms with Gasteiger partial charge in [0.15, 0.2) is 5.58 Å². The zero-order valence-corrected chi connectivity index (χ0v) is 12.9. The summed E-state index contributed by atoms with van der Waals surface area (Å²) in [6, 6.07) is 12.2. The van der Waals surface area contributed by atoms with Gasteiger partial charge in [0.1, 0.15) is 5.52 Å². The SMILES string of the molecule is Nc1cc(Br)cc2nc(C3CSc4ccccc43)oc12. The Balaban J connectivity index is 1.86. The average Bonchev–Trinajstić information content (AvgIpc) is 3.01. The first-order chi connectivity index (χ1) is 9.72. The van der Waals surface area contributed by atoms with Crippen molar-refractivity contribution in [1.29, 1.82) is 0 Å². The third-order valence-corrected chi connectivity index (χ3v) is 5.14. The lowest BCUT2D eigenvalue weighted by Crippen LogP contribution is -1.99. The van der Waals surface area contributed by atoms with E-state index in [0.717, 1.165) is 21.6 Å². The van der Waals surface area contributed by atoms with E-state index in [-0.39, 0.29) is 5.92 Å². The highest BCUT2D eigenvalue weighted by Crippen LogP contribution is 2.43. The molecule has 1 atom stereocenters. The summed E-state index contributed by atoms with van der Waals surface area (Å²) in [5.74, 6) is 1.93. The second-order valence-corrected chi connectivity index (χ2v) is 6.77. The number of benzene rings is 2. The number of nitrogens with zero attached hydrogens (tertiary/aromatic N) is 1. The molecular formula is C15H11BrN2OS. The van der Waals surface area contributed by atoms with Gasteiger partial charge in [-0.3, -0.25) is 0 Å². The molecule has 0 fully saturated rings. The van der Waals surface area contributed by atoms with E-state index in [1.807, 2.05) is 23.9 Å². The first kappa shape index (κ1) is 12.3. The number of thioether (sulfide) groups is 1. The van der Waals surface area contributed by atoms with Crippen LogP contribution in [0.5, 0.6) is 0 Å². The fraction of sp³-hybridized carbons (Fsp3) is 0.133. The molecule has 0 bridgehead atoms. The molecule has 1 aromatic heterocycles. The van der Waals surface area contributed by atoms with Crippen LogP contribution in [0.25, 0.3) is 11.1 Å². The van der Waals surface area contributed by atoms with Gasteiger partial charge in [-0.2, -0.15) is 0 Å². The maximum absolute atomic E-state index is 5.99. The van der Waals surface area contributed by atoms with Crippen molar-refractivity contribution in [2.24, 2.45) is 0 Å². The molecule has 2 heterocycles. The number of fused-ring (bicyclic) bond motifs is 2. The van der Waals surface area contributed by atoms with Crippen LogP contribution in [0.15, 0.2) is 50.2 Å². The Morgan fingerprint density at radius 1 is 1.30 bits per heavy atom. The van der Waals surface area contributed by atoms with Crippen LogP contribution < -0.4 is 5.73 Å². The van der Waals surface area contributed by atoms with E-state index in [4.69, 9.17) is 10.2 Å². The van der Waals surface area contributed by atoms with Gasteiger partial charge in [0.25, 0.3) is 0 Å². The van der Waals surface area contributed by atoms with Crippen molar-refractivity contribution in [2.45, 2.75) is 10.8 Å². The molecule has 1 unspecified atom stereocenters. The smallest absolute Gasteiger partial charge is 0.204 e. The molecule has 1 aliphatic heterocycles. The van der Waals surface area contributed by atoms with Gasteiger partial charge in [-0.15, -0.1) is 11.8 Å². The minimum Gasteiger partial charge on any atom is -0.438 e. The van der Waals surface area contributed by atoms with Gasteiger partial charge in [-0.1, -0.05) is 34.1 Å². The van der Waals surface area contributed by atoms with Gasteiger partial charge in [0.05, 0.1) is 11.6 Å². The van der Waals surface area contributed by atoms with E-state index in [1.165, 1.54) is 10.5 Å². The average molecular weight is 347 g/mol. The zero-order chi connectivity index (χ0) is 13.7. The second kappa shape index (κ2) is 4.53. The third kappa shape index (κ3) is 1.84. The molecule has 0 spiro atoms. The number of nitrogens with two attached hydrogens (primary N) is 1. The lowest BCUT2D eigenvalue weighted by atomic mass is 10.0. The molecule has 2 N–H and O–H groups in total. The van der Waals surface area contributed by atoms with Gasteiger partial charge < -0.3 is 10.2 Å². The standard InChI is InChI=1S/C15H11BrN2OS/c16-8-5-11(17)14-12(6-8)18-15(19-14)10-7-20-13-4-2-1-3-9(10)13/h1-6,10H,7,17H2. The van der Waals surface area contributed by atoms with Crippen molar-refractivity contribution < 1.29 is 4.42 Å². The predicted octanol–water partition coefficient (Wildman–Crippen LogP) is 4.41. The van der Waals surface area contributed by atoms with E-state index in [0.29, 0.717) is 11.3 Å². The quantitative estimate of drug-likeness (QED) is 0.663. The van der Waals surface area contributed by atoms with Crippen molar-refractivity contribution in [3.8, 4) is 0 Å². The van der Waals surface area contributed by atoms with Crippen LogP contribution in [0.2, 0.25) is 0 Å². The molecule has 0 saturated carbocycles. The Bertz CT molecular complexity index is 815. The first-order valence-electron chi connectivity index (χ1n) is 6.29. The summed E-state index contributed by atoms with van der Waals surface area (Å²) in [5.41, 5.74) is 9.39. The monoisotopic (exact) mass is 346 g/mol. The van der Waals surface area contributed by atoms with Crippen molar-refractivity contribution in [3.05, 3.63) is 52.3 Å². The summed E-state index contributed by atoms with van der Waals surface area (Å²) in [4.78, 5) is 5.94. The van der Waals surface area contributed by atoms with Gasteiger partial charge in [0.2, 0.25) is 5.89 Å². The van der Waals surface area contributed by atoms with Crippen LogP contribution in [0, 0.1) is 0 Å². The number of rotatable bonds is 1. The molecule has 0 saturated heterocycles. The predicted molar refractivity (Wildman–Crippen MR) is 85.1 cm³/mol. The summed E-state index contributed by atoms with van der Waals surface area (Å²) >= 11 is 5.28. The molecule has 0 radical (unpaired) electrons. The summed E-state index contributed by atoms with van der Waals surface area (Å²) in [5, 5.41) is 0. The molecule has 100 valence electrons. The molecule has 4 rings (SSSR count). The molecule has 3 nitrogen and oxygen atoms in total. The fourth-order valence-corrected chi connectivity index (χ4v) is 4.24. The van der Waals surface area contributed by atoms with E-state index in [9.17, 15) is 0 Å². The van der Waals surface area contributed by atoms with E-state index in [2.05, 4.69) is 45.2 Å². The molecular weight excluding hydrogens is 336 g/mol. The minimum atomic E-state index is 0.210. The van der Waals surface area contributed by atoms with Gasteiger partial charge in [0, 0.05) is 15.1 Å². The third-order valence-electron chi connectivity index (χ3n) is 3.50. The normalized spacial score (nSPS) is 17.6. The number of nitrogen functional groups attached to an aromatic ring is 1.